The summed E-state index contributed by atoms with van der Waals surface area (Å²) < 4.78 is 5.17. The van der Waals surface area contributed by atoms with E-state index in [9.17, 15) is 14.9 Å². The van der Waals surface area contributed by atoms with Gasteiger partial charge in [0.15, 0.2) is 0 Å². The number of nitro groups is 1. The van der Waals surface area contributed by atoms with Gasteiger partial charge in [0, 0.05) is 12.1 Å². The van der Waals surface area contributed by atoms with E-state index in [1.165, 1.54) is 18.2 Å². The summed E-state index contributed by atoms with van der Waals surface area (Å²) in [5.41, 5.74) is 5.84. The number of carbonyl (C=O) groups is 1. The van der Waals surface area contributed by atoms with Gasteiger partial charge in [0.2, 0.25) is 0 Å². The van der Waals surface area contributed by atoms with E-state index in [1.54, 1.807) is 26.8 Å². The molecule has 1 atom stereocenters. The van der Waals surface area contributed by atoms with Crippen LogP contribution in [0.3, 0.4) is 0 Å². The molecule has 0 aliphatic rings. The number of carbonyl (C=O) groups excluding carboxylic acids is 1. The molecule has 0 amide bonds. The Bertz CT molecular complexity index is 547. The summed E-state index contributed by atoms with van der Waals surface area (Å²) in [6.45, 7) is 8.72. The average molecular weight is 278 g/mol. The third-order valence-electron chi connectivity index (χ3n) is 2.43. The Morgan fingerprint density at radius 3 is 2.50 bits per heavy atom. The highest BCUT2D eigenvalue weighted by Gasteiger charge is 2.25. The first-order valence-electron chi connectivity index (χ1n) is 6.04. The number of nitrogens with zero attached hydrogens (tertiary/aromatic N) is 1. The second-order valence-electron chi connectivity index (χ2n) is 5.33. The maximum Gasteiger partial charge on any atom is 0.328 e. The normalized spacial score (nSPS) is 12.6. The van der Waals surface area contributed by atoms with Crippen molar-refractivity contribution in [3.63, 3.8) is 0 Å². The van der Waals surface area contributed by atoms with Crippen molar-refractivity contribution < 1.29 is 14.5 Å². The van der Waals surface area contributed by atoms with Crippen LogP contribution in [0.15, 0.2) is 24.8 Å². The maximum atomic E-state index is 11.9. The number of hydrogen-bond donors (Lipinski definition) is 1. The molecule has 1 aromatic rings. The minimum atomic E-state index is -1.08. The molecule has 6 heteroatoms. The molecule has 1 unspecified atom stereocenters. The van der Waals surface area contributed by atoms with Crippen LogP contribution in [-0.2, 0) is 9.53 Å². The molecule has 0 spiro atoms. The molecular weight excluding hydrogens is 260 g/mol. The summed E-state index contributed by atoms with van der Waals surface area (Å²) in [5, 5.41) is 10.9. The quantitative estimate of drug-likeness (QED) is 0.519. The van der Waals surface area contributed by atoms with Crippen molar-refractivity contribution in [2.24, 2.45) is 5.73 Å². The molecule has 0 saturated carbocycles. The first-order chi connectivity index (χ1) is 9.14. The monoisotopic (exact) mass is 278 g/mol. The minimum absolute atomic E-state index is 0.142. The van der Waals surface area contributed by atoms with Crippen LogP contribution in [0.25, 0.3) is 6.08 Å². The average Bonchev–Trinajstić information content (AvgIpc) is 2.35. The van der Waals surface area contributed by atoms with E-state index in [2.05, 4.69) is 6.58 Å². The van der Waals surface area contributed by atoms with E-state index in [0.29, 0.717) is 11.1 Å². The number of nitro benzene ring substituents is 1. The summed E-state index contributed by atoms with van der Waals surface area (Å²) in [6, 6.07) is 3.13. The van der Waals surface area contributed by atoms with Crippen LogP contribution in [0.1, 0.15) is 37.9 Å². The van der Waals surface area contributed by atoms with E-state index in [1.807, 2.05) is 0 Å². The number of ether oxygens (including phenoxy) is 1. The van der Waals surface area contributed by atoms with Crippen LogP contribution in [0.4, 0.5) is 5.69 Å². The van der Waals surface area contributed by atoms with E-state index < -0.39 is 22.5 Å². The Morgan fingerprint density at radius 1 is 1.45 bits per heavy atom. The standard InChI is InChI=1S/C14H18N2O4/c1-5-9-6-10(8-11(7-9)16(18)19)12(15)13(17)20-14(2,3)4/h5-8,12H,1,15H2,2-4H3. The number of hydrogen-bond acceptors (Lipinski definition) is 5. The van der Waals surface area contributed by atoms with Gasteiger partial charge in [0.25, 0.3) is 5.69 Å². The molecule has 0 radical (unpaired) electrons. The Hall–Kier alpha value is -2.21. The Morgan fingerprint density at radius 2 is 2.05 bits per heavy atom. The highest BCUT2D eigenvalue weighted by Crippen LogP contribution is 2.23. The fourth-order valence-corrected chi connectivity index (χ4v) is 1.56. The molecular formula is C14H18N2O4. The number of esters is 1. The molecule has 1 rings (SSSR count). The molecule has 0 fully saturated rings. The summed E-state index contributed by atoms with van der Waals surface area (Å²) in [6.07, 6.45) is 1.46. The first-order valence-corrected chi connectivity index (χ1v) is 6.04. The highest BCUT2D eigenvalue weighted by molar-refractivity contribution is 5.78. The lowest BCUT2D eigenvalue weighted by Gasteiger charge is -2.22. The SMILES string of the molecule is C=Cc1cc(C(N)C(=O)OC(C)(C)C)cc([N+](=O)[O-])c1. The number of non-ortho nitro benzene ring substituents is 1. The van der Waals surface area contributed by atoms with Gasteiger partial charge in [0.1, 0.15) is 11.6 Å². The molecule has 0 aromatic heterocycles. The number of nitrogens with two attached hydrogens (primary N) is 1. The van der Waals surface area contributed by atoms with Gasteiger partial charge < -0.3 is 10.5 Å². The van der Waals surface area contributed by atoms with Gasteiger partial charge in [-0.2, -0.15) is 0 Å². The van der Waals surface area contributed by atoms with Crippen molar-refractivity contribution in [2.45, 2.75) is 32.4 Å². The van der Waals surface area contributed by atoms with Gasteiger partial charge in [-0.1, -0.05) is 12.7 Å². The molecule has 108 valence electrons. The Balaban J connectivity index is 3.12. The summed E-state index contributed by atoms with van der Waals surface area (Å²) in [5.74, 6) is -0.631. The zero-order valence-electron chi connectivity index (χ0n) is 11.8. The Labute approximate surface area is 117 Å². The predicted molar refractivity (Wildman–Crippen MR) is 76.0 cm³/mol. The zero-order chi connectivity index (χ0) is 15.5. The molecule has 0 bridgehead atoms. The van der Waals surface area contributed by atoms with E-state index in [4.69, 9.17) is 10.5 Å². The van der Waals surface area contributed by atoms with Gasteiger partial charge >= 0.3 is 5.97 Å². The molecule has 0 heterocycles. The lowest BCUT2D eigenvalue weighted by atomic mass is 10.0. The van der Waals surface area contributed by atoms with Gasteiger partial charge in [0.05, 0.1) is 4.92 Å². The molecule has 2 N–H and O–H groups in total. The van der Waals surface area contributed by atoms with Gasteiger partial charge in [-0.3, -0.25) is 10.1 Å². The predicted octanol–water partition coefficient (Wildman–Crippen LogP) is 2.58. The molecule has 1 aromatic carbocycles. The van der Waals surface area contributed by atoms with Crippen LogP contribution in [-0.4, -0.2) is 16.5 Å². The van der Waals surface area contributed by atoms with Crippen molar-refractivity contribution in [1.82, 2.24) is 0 Å². The number of benzene rings is 1. The topological polar surface area (TPSA) is 95.5 Å². The van der Waals surface area contributed by atoms with Crippen LogP contribution >= 0.6 is 0 Å². The number of rotatable bonds is 4. The van der Waals surface area contributed by atoms with Crippen molar-refractivity contribution in [1.29, 1.82) is 0 Å². The lowest BCUT2D eigenvalue weighted by Crippen LogP contribution is -2.31. The van der Waals surface area contributed by atoms with E-state index in [-0.39, 0.29) is 5.69 Å². The third kappa shape index (κ3) is 4.17. The molecule has 6 nitrogen and oxygen atoms in total. The second kappa shape index (κ2) is 5.83. The highest BCUT2D eigenvalue weighted by atomic mass is 16.6. The maximum absolute atomic E-state index is 11.9. The zero-order valence-corrected chi connectivity index (χ0v) is 11.8. The van der Waals surface area contributed by atoms with Crippen LogP contribution < -0.4 is 5.73 Å². The van der Waals surface area contributed by atoms with Gasteiger partial charge in [-0.25, -0.2) is 4.79 Å². The molecule has 0 aliphatic carbocycles. The Kier molecular flexibility index (Phi) is 4.62. The second-order valence-corrected chi connectivity index (χ2v) is 5.33. The molecule has 0 aliphatic heterocycles. The van der Waals surface area contributed by atoms with Crippen LogP contribution in [0.2, 0.25) is 0 Å². The first kappa shape index (κ1) is 15.8. The van der Waals surface area contributed by atoms with Crippen molar-refractivity contribution in [2.75, 3.05) is 0 Å². The lowest BCUT2D eigenvalue weighted by molar-refractivity contribution is -0.384. The summed E-state index contributed by atoms with van der Waals surface area (Å²) in [7, 11) is 0. The fourth-order valence-electron chi connectivity index (χ4n) is 1.56. The molecule has 20 heavy (non-hydrogen) atoms. The molecule has 0 saturated heterocycles. The van der Waals surface area contributed by atoms with Gasteiger partial charge in [-0.05, 0) is 38.0 Å². The van der Waals surface area contributed by atoms with Crippen LogP contribution in [0, 0.1) is 10.1 Å². The third-order valence-corrected chi connectivity index (χ3v) is 2.43. The van der Waals surface area contributed by atoms with Crippen molar-refractivity contribution in [3.8, 4) is 0 Å². The fraction of sp³-hybridized carbons (Fsp3) is 0.357. The minimum Gasteiger partial charge on any atom is -0.459 e. The van der Waals surface area contributed by atoms with E-state index >= 15 is 0 Å². The summed E-state index contributed by atoms with van der Waals surface area (Å²) >= 11 is 0. The smallest absolute Gasteiger partial charge is 0.328 e. The van der Waals surface area contributed by atoms with Crippen molar-refractivity contribution >= 4 is 17.7 Å². The van der Waals surface area contributed by atoms with Crippen molar-refractivity contribution in [3.05, 3.63) is 46.0 Å². The van der Waals surface area contributed by atoms with Crippen LogP contribution in [0.5, 0.6) is 0 Å². The van der Waals surface area contributed by atoms with E-state index in [0.717, 1.165) is 0 Å². The van der Waals surface area contributed by atoms with Gasteiger partial charge in [-0.15, -0.1) is 0 Å². The summed E-state index contributed by atoms with van der Waals surface area (Å²) in [4.78, 5) is 22.2. The largest absolute Gasteiger partial charge is 0.459 e.